The number of fused-ring (bicyclic) bond motifs is 1. The Balaban J connectivity index is 1.84. The highest BCUT2D eigenvalue weighted by Gasteiger charge is 2.43. The smallest absolute Gasteiger partial charge is 0.254 e. The van der Waals surface area contributed by atoms with Gasteiger partial charge in [-0.1, -0.05) is 0 Å². The van der Waals surface area contributed by atoms with E-state index in [1.807, 2.05) is 6.92 Å². The van der Waals surface area contributed by atoms with E-state index in [-0.39, 0.29) is 17.5 Å². The second-order valence-corrected chi connectivity index (χ2v) is 5.44. The summed E-state index contributed by atoms with van der Waals surface area (Å²) in [4.78, 5) is 14.1. The molecule has 1 amide bonds. The fraction of sp³-hybridized carbons (Fsp3) is 0.500. The van der Waals surface area contributed by atoms with Gasteiger partial charge in [0.1, 0.15) is 11.6 Å². The molecule has 5 heteroatoms. The minimum Gasteiger partial charge on any atom is -0.335 e. The van der Waals surface area contributed by atoms with Crippen LogP contribution in [0.2, 0.25) is 0 Å². The lowest BCUT2D eigenvalue weighted by atomic mass is 9.95. The third-order valence-corrected chi connectivity index (χ3v) is 4.30. The fourth-order valence-corrected chi connectivity index (χ4v) is 3.28. The van der Waals surface area contributed by atoms with Gasteiger partial charge in [-0.15, -0.1) is 0 Å². The lowest BCUT2D eigenvalue weighted by Gasteiger charge is -2.24. The van der Waals surface area contributed by atoms with Crippen molar-refractivity contribution in [2.45, 2.75) is 13.0 Å². The minimum atomic E-state index is -0.711. The van der Waals surface area contributed by atoms with Gasteiger partial charge in [0.05, 0.1) is 0 Å². The lowest BCUT2D eigenvalue weighted by molar-refractivity contribution is 0.0727. The Labute approximate surface area is 110 Å². The van der Waals surface area contributed by atoms with Gasteiger partial charge >= 0.3 is 0 Å². The Morgan fingerprint density at radius 3 is 2.58 bits per heavy atom. The van der Waals surface area contributed by atoms with Crippen LogP contribution in [0.1, 0.15) is 17.3 Å². The molecule has 0 aliphatic carbocycles. The van der Waals surface area contributed by atoms with Crippen LogP contribution in [-0.4, -0.2) is 36.5 Å². The highest BCUT2D eigenvalue weighted by Crippen LogP contribution is 2.33. The van der Waals surface area contributed by atoms with E-state index in [0.29, 0.717) is 18.4 Å². The molecule has 102 valence electrons. The second-order valence-electron chi connectivity index (χ2n) is 5.44. The van der Waals surface area contributed by atoms with Crippen molar-refractivity contribution in [2.75, 3.05) is 19.6 Å². The van der Waals surface area contributed by atoms with Crippen LogP contribution in [0.25, 0.3) is 0 Å². The van der Waals surface area contributed by atoms with Gasteiger partial charge in [0, 0.05) is 37.3 Å². The number of halogens is 2. The van der Waals surface area contributed by atoms with Gasteiger partial charge in [-0.2, -0.15) is 0 Å². The largest absolute Gasteiger partial charge is 0.335 e. The molecule has 0 radical (unpaired) electrons. The van der Waals surface area contributed by atoms with Gasteiger partial charge < -0.3 is 10.2 Å². The van der Waals surface area contributed by atoms with E-state index in [1.165, 1.54) is 0 Å². The molecule has 3 rings (SSSR count). The molecule has 0 saturated carbocycles. The van der Waals surface area contributed by atoms with Gasteiger partial charge in [0.2, 0.25) is 0 Å². The van der Waals surface area contributed by atoms with Gasteiger partial charge in [-0.3, -0.25) is 4.79 Å². The molecular formula is C14H16F2N2O. The maximum Gasteiger partial charge on any atom is 0.254 e. The van der Waals surface area contributed by atoms with Crippen LogP contribution in [0.5, 0.6) is 0 Å². The molecule has 0 spiro atoms. The molecule has 2 aliphatic rings. The minimum absolute atomic E-state index is 0.0947. The number of rotatable bonds is 1. The van der Waals surface area contributed by atoms with Crippen molar-refractivity contribution in [1.29, 1.82) is 0 Å². The summed E-state index contributed by atoms with van der Waals surface area (Å²) in [5.74, 6) is -0.797. The molecule has 3 nitrogen and oxygen atoms in total. The Morgan fingerprint density at radius 1 is 1.26 bits per heavy atom. The highest BCUT2D eigenvalue weighted by atomic mass is 19.1. The molecular weight excluding hydrogens is 250 g/mol. The fourth-order valence-electron chi connectivity index (χ4n) is 3.28. The number of hydrogen-bond acceptors (Lipinski definition) is 2. The van der Waals surface area contributed by atoms with Crippen molar-refractivity contribution in [1.82, 2.24) is 10.2 Å². The number of benzene rings is 1. The highest BCUT2D eigenvalue weighted by molar-refractivity contribution is 5.94. The molecule has 3 unspecified atom stereocenters. The molecule has 0 bridgehead atoms. The predicted molar refractivity (Wildman–Crippen MR) is 66.7 cm³/mol. The monoisotopic (exact) mass is 266 g/mol. The molecule has 19 heavy (non-hydrogen) atoms. The van der Waals surface area contributed by atoms with Crippen LogP contribution in [0.15, 0.2) is 18.2 Å². The van der Waals surface area contributed by atoms with Gasteiger partial charge in [-0.05, 0) is 30.9 Å². The van der Waals surface area contributed by atoms with Crippen molar-refractivity contribution in [3.05, 3.63) is 35.4 Å². The van der Waals surface area contributed by atoms with Crippen LogP contribution < -0.4 is 5.32 Å². The number of nitrogens with one attached hydrogen (secondary N) is 1. The molecule has 1 N–H and O–H groups in total. The van der Waals surface area contributed by atoms with Crippen LogP contribution in [-0.2, 0) is 0 Å². The Hall–Kier alpha value is -1.49. The first kappa shape index (κ1) is 12.5. The number of hydrogen-bond donors (Lipinski definition) is 1. The summed E-state index contributed by atoms with van der Waals surface area (Å²) in [5.41, 5.74) is 0.0947. The summed E-state index contributed by atoms with van der Waals surface area (Å²) in [6.45, 7) is 4.49. The third-order valence-electron chi connectivity index (χ3n) is 4.30. The second kappa shape index (κ2) is 4.56. The molecule has 2 heterocycles. The average molecular weight is 266 g/mol. The molecule has 0 aromatic heterocycles. The predicted octanol–water partition coefficient (Wildman–Crippen LogP) is 1.64. The van der Waals surface area contributed by atoms with E-state index in [4.69, 9.17) is 0 Å². The van der Waals surface area contributed by atoms with Crippen molar-refractivity contribution in [3.8, 4) is 0 Å². The summed E-state index contributed by atoms with van der Waals surface area (Å²) in [6, 6.07) is 3.09. The van der Waals surface area contributed by atoms with E-state index < -0.39 is 11.6 Å². The van der Waals surface area contributed by atoms with E-state index in [0.717, 1.165) is 31.3 Å². The number of likely N-dealkylation sites (tertiary alicyclic amines) is 1. The Bertz CT molecular complexity index is 500. The van der Waals surface area contributed by atoms with Crippen molar-refractivity contribution < 1.29 is 13.6 Å². The first-order valence-corrected chi connectivity index (χ1v) is 6.54. The summed E-state index contributed by atoms with van der Waals surface area (Å²) in [6.07, 6.45) is 0. The molecule has 1 aromatic carbocycles. The van der Waals surface area contributed by atoms with Crippen LogP contribution in [0, 0.1) is 23.5 Å². The first-order chi connectivity index (χ1) is 9.06. The third kappa shape index (κ3) is 2.12. The summed E-state index contributed by atoms with van der Waals surface area (Å²) in [7, 11) is 0. The van der Waals surface area contributed by atoms with Crippen LogP contribution in [0.4, 0.5) is 8.78 Å². The zero-order valence-electron chi connectivity index (χ0n) is 10.7. The Morgan fingerprint density at radius 2 is 1.95 bits per heavy atom. The lowest BCUT2D eigenvalue weighted by Crippen LogP contribution is -2.38. The standard InChI is InChI=1S/C14H16F2N2O/c1-8-13-6-17-5-10(13)7-18(8)14(19)9-2-11(15)4-12(16)3-9/h2-4,8,10,13,17H,5-7H2,1H3. The maximum atomic E-state index is 13.2. The van der Waals surface area contributed by atoms with Crippen LogP contribution >= 0.6 is 0 Å². The van der Waals surface area contributed by atoms with E-state index in [9.17, 15) is 13.6 Å². The zero-order chi connectivity index (χ0) is 13.6. The van der Waals surface area contributed by atoms with Crippen molar-refractivity contribution in [2.24, 2.45) is 11.8 Å². The van der Waals surface area contributed by atoms with Crippen molar-refractivity contribution >= 4 is 5.91 Å². The van der Waals surface area contributed by atoms with E-state index >= 15 is 0 Å². The number of amides is 1. The average Bonchev–Trinajstić information content (AvgIpc) is 2.91. The van der Waals surface area contributed by atoms with Crippen molar-refractivity contribution in [3.63, 3.8) is 0 Å². The van der Waals surface area contributed by atoms with Gasteiger partial charge in [0.25, 0.3) is 5.91 Å². The maximum absolute atomic E-state index is 13.2. The summed E-state index contributed by atoms with van der Waals surface area (Å²) < 4.78 is 26.4. The van der Waals surface area contributed by atoms with E-state index in [1.54, 1.807) is 4.90 Å². The van der Waals surface area contributed by atoms with Gasteiger partial charge in [0.15, 0.2) is 0 Å². The SMILES string of the molecule is CC1C2CNCC2CN1C(=O)c1cc(F)cc(F)c1. The molecule has 2 aliphatic heterocycles. The first-order valence-electron chi connectivity index (χ1n) is 6.54. The molecule has 1 aromatic rings. The van der Waals surface area contributed by atoms with E-state index in [2.05, 4.69) is 5.32 Å². The molecule has 2 fully saturated rings. The number of carbonyl (C=O) groups excluding carboxylic acids is 1. The normalized spacial score (nSPS) is 29.6. The summed E-state index contributed by atoms with van der Waals surface area (Å²) in [5, 5.41) is 3.31. The molecule has 3 atom stereocenters. The molecule has 2 saturated heterocycles. The Kier molecular flexibility index (Phi) is 3.01. The quantitative estimate of drug-likeness (QED) is 0.838. The number of carbonyl (C=O) groups is 1. The zero-order valence-corrected chi connectivity index (χ0v) is 10.7. The van der Waals surface area contributed by atoms with Crippen LogP contribution in [0.3, 0.4) is 0 Å². The number of nitrogens with zero attached hydrogens (tertiary/aromatic N) is 1. The topological polar surface area (TPSA) is 32.3 Å². The van der Waals surface area contributed by atoms with Gasteiger partial charge in [-0.25, -0.2) is 8.78 Å². The summed E-state index contributed by atoms with van der Waals surface area (Å²) >= 11 is 0.